The van der Waals surface area contributed by atoms with Gasteiger partial charge in [0.1, 0.15) is 5.75 Å². The van der Waals surface area contributed by atoms with Crippen LogP contribution in [0.15, 0.2) is 18.2 Å². The molecule has 0 aliphatic heterocycles. The minimum atomic E-state index is 0.252. The highest BCUT2D eigenvalue weighted by atomic mass is 32.2. The largest absolute Gasteiger partial charge is 0.494 e. The van der Waals surface area contributed by atoms with E-state index in [9.17, 15) is 0 Å². The van der Waals surface area contributed by atoms with Crippen LogP contribution in [0.25, 0.3) is 0 Å². The second-order valence-electron chi connectivity index (χ2n) is 5.11. The van der Waals surface area contributed by atoms with Crippen LogP contribution in [0, 0.1) is 5.92 Å². The zero-order chi connectivity index (χ0) is 15.0. The van der Waals surface area contributed by atoms with Gasteiger partial charge in [0.2, 0.25) is 0 Å². The van der Waals surface area contributed by atoms with Gasteiger partial charge in [0.25, 0.3) is 0 Å². The topological polar surface area (TPSA) is 41.5 Å². The number of benzene rings is 1. The van der Waals surface area contributed by atoms with E-state index in [0.717, 1.165) is 17.3 Å². The minimum Gasteiger partial charge on any atom is -0.494 e. The highest BCUT2D eigenvalue weighted by Crippen LogP contribution is 2.27. The fourth-order valence-electron chi connectivity index (χ4n) is 1.87. The molecule has 0 spiro atoms. The Bertz CT molecular complexity index is 398. The molecule has 0 saturated carbocycles. The van der Waals surface area contributed by atoms with E-state index in [1.165, 1.54) is 11.1 Å². The molecule has 20 heavy (non-hydrogen) atoms. The summed E-state index contributed by atoms with van der Waals surface area (Å²) >= 11 is 1.85. The van der Waals surface area contributed by atoms with Crippen molar-refractivity contribution in [3.63, 3.8) is 0 Å². The van der Waals surface area contributed by atoms with Crippen LogP contribution in [-0.2, 0) is 5.75 Å². The van der Waals surface area contributed by atoms with Crippen molar-refractivity contribution in [1.82, 2.24) is 5.32 Å². The summed E-state index contributed by atoms with van der Waals surface area (Å²) in [6, 6.07) is 6.75. The van der Waals surface area contributed by atoms with Crippen LogP contribution < -0.4 is 10.1 Å². The molecule has 0 aliphatic rings. The van der Waals surface area contributed by atoms with Crippen LogP contribution in [0.1, 0.15) is 37.9 Å². The lowest BCUT2D eigenvalue weighted by molar-refractivity contribution is 0.250. The van der Waals surface area contributed by atoms with Crippen molar-refractivity contribution in [3.8, 4) is 5.75 Å². The Kier molecular flexibility index (Phi) is 8.04. The minimum absolute atomic E-state index is 0.252. The van der Waals surface area contributed by atoms with Gasteiger partial charge in [-0.2, -0.15) is 11.8 Å². The Morgan fingerprint density at radius 1 is 1.35 bits per heavy atom. The molecule has 3 nitrogen and oxygen atoms in total. The molecule has 0 fully saturated rings. The quantitative estimate of drug-likeness (QED) is 0.734. The Morgan fingerprint density at radius 2 is 2.10 bits per heavy atom. The lowest BCUT2D eigenvalue weighted by Crippen LogP contribution is -2.12. The first-order valence-corrected chi connectivity index (χ1v) is 8.39. The maximum Gasteiger partial charge on any atom is 0.123 e. The third-order valence-corrected chi connectivity index (χ3v) is 4.61. The molecule has 2 atom stereocenters. The van der Waals surface area contributed by atoms with Gasteiger partial charge in [-0.25, -0.2) is 0 Å². The standard InChI is InChI=1S/C16H27NO2S/c1-5-19-16-7-6-14(13(3)17-4)8-15(16)11-20-10-12(2)9-18/h6-8,12-13,17-18H,5,9-11H2,1-4H3. The molecule has 0 saturated heterocycles. The maximum atomic E-state index is 9.07. The van der Waals surface area contributed by atoms with Crippen LogP contribution in [0.3, 0.4) is 0 Å². The van der Waals surface area contributed by atoms with Gasteiger partial charge in [0, 0.05) is 24.0 Å². The van der Waals surface area contributed by atoms with E-state index < -0.39 is 0 Å². The number of rotatable bonds is 9. The smallest absolute Gasteiger partial charge is 0.123 e. The molecule has 0 amide bonds. The molecular weight excluding hydrogens is 270 g/mol. The summed E-state index contributed by atoms with van der Waals surface area (Å²) in [7, 11) is 1.97. The number of aliphatic hydroxyl groups is 1. The first-order chi connectivity index (χ1) is 9.62. The number of ether oxygens (including phenoxy) is 1. The SMILES string of the molecule is CCOc1ccc(C(C)NC)cc1CSCC(C)CO. The van der Waals surface area contributed by atoms with Crippen LogP contribution in [-0.4, -0.2) is 31.1 Å². The molecule has 1 aromatic carbocycles. The lowest BCUT2D eigenvalue weighted by Gasteiger charge is -2.16. The molecule has 2 N–H and O–H groups in total. The number of hydrogen-bond donors (Lipinski definition) is 2. The Morgan fingerprint density at radius 3 is 2.70 bits per heavy atom. The molecule has 0 bridgehead atoms. The molecule has 1 aromatic rings. The van der Waals surface area contributed by atoms with Crippen molar-refractivity contribution in [2.45, 2.75) is 32.6 Å². The monoisotopic (exact) mass is 297 g/mol. The number of thioether (sulfide) groups is 1. The van der Waals surface area contributed by atoms with Crippen molar-refractivity contribution in [3.05, 3.63) is 29.3 Å². The van der Waals surface area contributed by atoms with E-state index in [2.05, 4.69) is 37.4 Å². The molecule has 4 heteroatoms. The second-order valence-corrected chi connectivity index (χ2v) is 6.14. The fourth-order valence-corrected chi connectivity index (χ4v) is 2.94. The van der Waals surface area contributed by atoms with Crippen LogP contribution in [0.5, 0.6) is 5.75 Å². The van der Waals surface area contributed by atoms with Crippen LogP contribution >= 0.6 is 11.8 Å². The second kappa shape index (κ2) is 9.27. The summed E-state index contributed by atoms with van der Waals surface area (Å²) in [5.74, 6) is 3.20. The number of nitrogens with one attached hydrogen (secondary N) is 1. The van der Waals surface area contributed by atoms with E-state index in [-0.39, 0.29) is 6.61 Å². The van der Waals surface area contributed by atoms with Crippen molar-refractivity contribution in [2.24, 2.45) is 5.92 Å². The Hall–Kier alpha value is -0.710. The summed E-state index contributed by atoms with van der Waals surface area (Å²) in [6.07, 6.45) is 0. The van der Waals surface area contributed by atoms with Crippen molar-refractivity contribution in [2.75, 3.05) is 26.0 Å². The third kappa shape index (κ3) is 5.35. The first-order valence-electron chi connectivity index (χ1n) is 7.23. The zero-order valence-corrected chi connectivity index (χ0v) is 13.8. The molecule has 2 unspecified atom stereocenters. The van der Waals surface area contributed by atoms with Gasteiger partial charge in [-0.3, -0.25) is 0 Å². The van der Waals surface area contributed by atoms with E-state index in [0.29, 0.717) is 18.6 Å². The Labute approximate surface area is 127 Å². The van der Waals surface area contributed by atoms with E-state index in [4.69, 9.17) is 9.84 Å². The predicted molar refractivity (Wildman–Crippen MR) is 87.5 cm³/mol. The van der Waals surface area contributed by atoms with Gasteiger partial charge < -0.3 is 15.2 Å². The molecule has 114 valence electrons. The van der Waals surface area contributed by atoms with Crippen molar-refractivity contribution in [1.29, 1.82) is 0 Å². The third-order valence-electron chi connectivity index (χ3n) is 3.29. The van der Waals surface area contributed by atoms with Gasteiger partial charge in [-0.05, 0) is 50.3 Å². The molecule has 0 aromatic heterocycles. The molecule has 0 radical (unpaired) electrons. The van der Waals surface area contributed by atoms with E-state index in [1.807, 2.05) is 25.7 Å². The van der Waals surface area contributed by atoms with E-state index in [1.54, 1.807) is 0 Å². The summed E-state index contributed by atoms with van der Waals surface area (Å²) in [5, 5.41) is 12.3. The first kappa shape index (κ1) is 17.3. The predicted octanol–water partition coefficient (Wildman–Crippen LogP) is 3.23. The Balaban J connectivity index is 2.77. The summed E-state index contributed by atoms with van der Waals surface area (Å²) in [6.45, 7) is 7.17. The molecule has 0 aliphatic carbocycles. The van der Waals surface area contributed by atoms with E-state index >= 15 is 0 Å². The summed E-state index contributed by atoms with van der Waals surface area (Å²) in [4.78, 5) is 0. The van der Waals surface area contributed by atoms with Crippen LogP contribution in [0.4, 0.5) is 0 Å². The normalized spacial score (nSPS) is 14.1. The van der Waals surface area contributed by atoms with Crippen molar-refractivity contribution < 1.29 is 9.84 Å². The van der Waals surface area contributed by atoms with Gasteiger partial charge in [0.05, 0.1) is 6.61 Å². The average molecular weight is 297 g/mol. The summed E-state index contributed by atoms with van der Waals surface area (Å²) < 4.78 is 5.71. The van der Waals surface area contributed by atoms with Crippen LogP contribution in [0.2, 0.25) is 0 Å². The zero-order valence-electron chi connectivity index (χ0n) is 13.0. The highest BCUT2D eigenvalue weighted by Gasteiger charge is 2.10. The number of aliphatic hydroxyl groups excluding tert-OH is 1. The van der Waals surface area contributed by atoms with Crippen molar-refractivity contribution >= 4 is 11.8 Å². The summed E-state index contributed by atoms with van der Waals surface area (Å²) in [5.41, 5.74) is 2.52. The maximum absolute atomic E-state index is 9.07. The fraction of sp³-hybridized carbons (Fsp3) is 0.625. The lowest BCUT2D eigenvalue weighted by atomic mass is 10.1. The van der Waals surface area contributed by atoms with Gasteiger partial charge in [-0.1, -0.05) is 13.0 Å². The average Bonchev–Trinajstić information content (AvgIpc) is 2.47. The van der Waals surface area contributed by atoms with Gasteiger partial charge in [0.15, 0.2) is 0 Å². The highest BCUT2D eigenvalue weighted by molar-refractivity contribution is 7.98. The van der Waals surface area contributed by atoms with Gasteiger partial charge >= 0.3 is 0 Å². The number of hydrogen-bond acceptors (Lipinski definition) is 4. The molecule has 0 heterocycles. The van der Waals surface area contributed by atoms with Gasteiger partial charge in [-0.15, -0.1) is 0 Å². The molecule has 1 rings (SSSR count). The molecular formula is C16H27NO2S.